The summed E-state index contributed by atoms with van der Waals surface area (Å²) >= 11 is 0. The number of rotatable bonds is 5. The average molecular weight is 307 g/mol. The van der Waals surface area contributed by atoms with Crippen LogP contribution < -0.4 is 5.32 Å². The number of amides is 1. The van der Waals surface area contributed by atoms with E-state index < -0.39 is 18.3 Å². The van der Waals surface area contributed by atoms with Crippen molar-refractivity contribution in [2.24, 2.45) is 11.8 Å². The largest absolute Gasteiger partial charge is 0.328 e. The van der Waals surface area contributed by atoms with E-state index in [2.05, 4.69) is 19.2 Å². The molecule has 0 radical (unpaired) electrons. The van der Waals surface area contributed by atoms with E-state index in [1.807, 2.05) is 6.08 Å². The van der Waals surface area contributed by atoms with Crippen LogP contribution in [0.3, 0.4) is 0 Å². The molecule has 0 bridgehead atoms. The number of anilines is 1. The Morgan fingerprint density at radius 2 is 2.00 bits per heavy atom. The van der Waals surface area contributed by atoms with E-state index in [9.17, 15) is 13.6 Å². The number of carbonyl (C=O) groups excluding carboxylic acids is 1. The fourth-order valence-electron chi connectivity index (χ4n) is 2.78. The van der Waals surface area contributed by atoms with E-state index in [-0.39, 0.29) is 0 Å². The lowest BCUT2D eigenvalue weighted by Gasteiger charge is -2.26. The van der Waals surface area contributed by atoms with Crippen LogP contribution in [0.15, 0.2) is 42.0 Å². The van der Waals surface area contributed by atoms with Crippen molar-refractivity contribution in [3.05, 3.63) is 42.0 Å². The zero-order valence-corrected chi connectivity index (χ0v) is 13.1. The summed E-state index contributed by atoms with van der Waals surface area (Å²) in [5.74, 6) is -3.47. The Labute approximate surface area is 130 Å². The third-order valence-electron chi connectivity index (χ3n) is 4.30. The van der Waals surface area contributed by atoms with Crippen LogP contribution in [0.5, 0.6) is 0 Å². The molecule has 120 valence electrons. The highest BCUT2D eigenvalue weighted by Crippen LogP contribution is 2.34. The van der Waals surface area contributed by atoms with Crippen molar-refractivity contribution in [1.29, 1.82) is 0 Å². The number of alkyl halides is 2. The molecule has 1 N–H and O–H groups in total. The van der Waals surface area contributed by atoms with Gasteiger partial charge in [0.2, 0.25) is 0 Å². The van der Waals surface area contributed by atoms with Crippen LogP contribution in [0.2, 0.25) is 0 Å². The molecule has 1 aliphatic rings. The van der Waals surface area contributed by atoms with E-state index in [4.69, 9.17) is 0 Å². The smallest absolute Gasteiger partial charge is 0.321 e. The standard InChI is InChI=1S/C18H23F2NO/c1-13(2)15-10-8-14(9-11-15)12-18(19,20)17(22)21-16-6-4-3-5-7-16/h3-8,13,15H,9-12H2,1-2H3,(H,21,22). The monoisotopic (exact) mass is 307 g/mol. The summed E-state index contributed by atoms with van der Waals surface area (Å²) in [7, 11) is 0. The van der Waals surface area contributed by atoms with Crippen LogP contribution in [0.25, 0.3) is 0 Å². The van der Waals surface area contributed by atoms with Gasteiger partial charge in [-0.3, -0.25) is 4.79 Å². The van der Waals surface area contributed by atoms with Gasteiger partial charge < -0.3 is 5.32 Å². The topological polar surface area (TPSA) is 29.1 Å². The molecule has 0 fully saturated rings. The first kappa shape index (κ1) is 16.7. The maximum atomic E-state index is 14.1. The molecular weight excluding hydrogens is 284 g/mol. The normalized spacial score (nSPS) is 19.0. The lowest BCUT2D eigenvalue weighted by Crippen LogP contribution is -2.35. The minimum Gasteiger partial charge on any atom is -0.321 e. The molecule has 0 aromatic heterocycles. The van der Waals surface area contributed by atoms with Crippen LogP contribution in [0.1, 0.15) is 39.5 Å². The third-order valence-corrected chi connectivity index (χ3v) is 4.30. The molecule has 0 spiro atoms. The van der Waals surface area contributed by atoms with Crippen LogP contribution in [0, 0.1) is 11.8 Å². The first-order valence-electron chi connectivity index (χ1n) is 7.80. The number of para-hydroxylation sites is 1. The molecule has 22 heavy (non-hydrogen) atoms. The zero-order valence-electron chi connectivity index (χ0n) is 13.1. The van der Waals surface area contributed by atoms with Crippen LogP contribution in [0.4, 0.5) is 14.5 Å². The van der Waals surface area contributed by atoms with Gasteiger partial charge in [-0.15, -0.1) is 0 Å². The highest BCUT2D eigenvalue weighted by atomic mass is 19.3. The number of carbonyl (C=O) groups is 1. The summed E-state index contributed by atoms with van der Waals surface area (Å²) in [5, 5.41) is 2.28. The summed E-state index contributed by atoms with van der Waals surface area (Å²) in [6.45, 7) is 4.32. The van der Waals surface area contributed by atoms with Gasteiger partial charge >= 0.3 is 5.92 Å². The molecule has 0 saturated heterocycles. The van der Waals surface area contributed by atoms with Gasteiger partial charge in [-0.1, -0.05) is 43.7 Å². The molecule has 1 aliphatic carbocycles. The fraction of sp³-hybridized carbons (Fsp3) is 0.500. The predicted octanol–water partition coefficient (Wildman–Crippen LogP) is 5.03. The van der Waals surface area contributed by atoms with Crippen molar-refractivity contribution in [3.8, 4) is 0 Å². The van der Waals surface area contributed by atoms with Crippen molar-refractivity contribution in [1.82, 2.24) is 0 Å². The zero-order chi connectivity index (χ0) is 16.2. The Morgan fingerprint density at radius 3 is 2.55 bits per heavy atom. The number of allylic oxidation sites excluding steroid dienone is 2. The van der Waals surface area contributed by atoms with E-state index in [0.29, 0.717) is 29.5 Å². The number of halogens is 2. The van der Waals surface area contributed by atoms with Crippen LogP contribution >= 0.6 is 0 Å². The molecule has 0 saturated carbocycles. The molecule has 0 heterocycles. The highest BCUT2D eigenvalue weighted by molar-refractivity contribution is 5.96. The molecule has 1 amide bonds. The molecule has 4 heteroatoms. The van der Waals surface area contributed by atoms with Gasteiger partial charge in [-0.05, 0) is 43.2 Å². The number of hydrogen-bond donors (Lipinski definition) is 1. The quantitative estimate of drug-likeness (QED) is 0.759. The number of benzene rings is 1. The first-order chi connectivity index (χ1) is 10.4. The molecule has 1 aromatic rings. The molecule has 1 aromatic carbocycles. The van der Waals surface area contributed by atoms with E-state index >= 15 is 0 Å². The second-order valence-corrected chi connectivity index (χ2v) is 6.34. The summed E-state index contributed by atoms with van der Waals surface area (Å²) in [5.41, 5.74) is 1.09. The van der Waals surface area contributed by atoms with Gasteiger partial charge in [0.1, 0.15) is 0 Å². The number of nitrogens with one attached hydrogen (secondary N) is 1. The average Bonchev–Trinajstić information content (AvgIpc) is 2.48. The Morgan fingerprint density at radius 1 is 1.32 bits per heavy atom. The van der Waals surface area contributed by atoms with Gasteiger partial charge in [0.05, 0.1) is 0 Å². The minimum absolute atomic E-state index is 0.393. The Kier molecular flexibility index (Phi) is 5.33. The Hall–Kier alpha value is -1.71. The molecular formula is C18H23F2NO. The van der Waals surface area contributed by atoms with Crippen molar-refractivity contribution >= 4 is 11.6 Å². The molecule has 2 rings (SSSR count). The van der Waals surface area contributed by atoms with Crippen LogP contribution in [-0.2, 0) is 4.79 Å². The summed E-state index contributed by atoms with van der Waals surface area (Å²) in [6.07, 6.45) is 3.86. The Bertz CT molecular complexity index is 537. The molecule has 1 atom stereocenters. The lowest BCUT2D eigenvalue weighted by atomic mass is 9.81. The predicted molar refractivity (Wildman–Crippen MR) is 84.9 cm³/mol. The maximum Gasteiger partial charge on any atom is 0.328 e. The minimum atomic E-state index is -3.37. The van der Waals surface area contributed by atoms with Gasteiger partial charge in [-0.2, -0.15) is 8.78 Å². The van der Waals surface area contributed by atoms with E-state index in [1.165, 1.54) is 0 Å². The van der Waals surface area contributed by atoms with Crippen molar-refractivity contribution in [2.45, 2.75) is 45.5 Å². The highest BCUT2D eigenvalue weighted by Gasteiger charge is 2.39. The fourth-order valence-corrected chi connectivity index (χ4v) is 2.78. The van der Waals surface area contributed by atoms with Gasteiger partial charge in [-0.25, -0.2) is 0 Å². The molecule has 0 aliphatic heterocycles. The van der Waals surface area contributed by atoms with Crippen LogP contribution in [-0.4, -0.2) is 11.8 Å². The van der Waals surface area contributed by atoms with E-state index in [1.54, 1.807) is 30.3 Å². The summed E-state index contributed by atoms with van der Waals surface area (Å²) < 4.78 is 28.2. The SMILES string of the molecule is CC(C)C1CC=C(CC(F)(F)C(=O)Nc2ccccc2)CC1. The van der Waals surface area contributed by atoms with Gasteiger partial charge in [0, 0.05) is 12.1 Å². The second-order valence-electron chi connectivity index (χ2n) is 6.34. The van der Waals surface area contributed by atoms with E-state index in [0.717, 1.165) is 12.8 Å². The molecule has 1 unspecified atom stereocenters. The lowest BCUT2D eigenvalue weighted by molar-refractivity contribution is -0.139. The van der Waals surface area contributed by atoms with Crippen molar-refractivity contribution in [2.75, 3.05) is 5.32 Å². The second kappa shape index (κ2) is 7.03. The Balaban J connectivity index is 1.94. The number of hydrogen-bond acceptors (Lipinski definition) is 1. The maximum absolute atomic E-state index is 14.1. The van der Waals surface area contributed by atoms with Crippen molar-refractivity contribution < 1.29 is 13.6 Å². The van der Waals surface area contributed by atoms with Gasteiger partial charge in [0.15, 0.2) is 0 Å². The van der Waals surface area contributed by atoms with Crippen molar-refractivity contribution in [3.63, 3.8) is 0 Å². The van der Waals surface area contributed by atoms with Gasteiger partial charge in [0.25, 0.3) is 5.91 Å². The third kappa shape index (κ3) is 4.39. The summed E-state index contributed by atoms with van der Waals surface area (Å²) in [4.78, 5) is 11.8. The first-order valence-corrected chi connectivity index (χ1v) is 7.80. The molecule has 2 nitrogen and oxygen atoms in total. The summed E-state index contributed by atoms with van der Waals surface area (Å²) in [6, 6.07) is 8.36.